The Labute approximate surface area is 105 Å². The van der Waals surface area contributed by atoms with Gasteiger partial charge in [-0.2, -0.15) is 0 Å². The minimum absolute atomic E-state index is 0.398. The van der Waals surface area contributed by atoms with E-state index in [1.165, 1.54) is 7.11 Å². The number of esters is 1. The molecule has 0 amide bonds. The van der Waals surface area contributed by atoms with Gasteiger partial charge in [0.2, 0.25) is 0 Å². The smallest absolute Gasteiger partial charge is 0.322 e. The summed E-state index contributed by atoms with van der Waals surface area (Å²) < 4.78 is 9.89. The molecule has 0 aliphatic rings. The third-order valence-corrected chi connectivity index (χ3v) is 2.72. The van der Waals surface area contributed by atoms with Crippen molar-refractivity contribution < 1.29 is 13.9 Å². The SMILES string of the molecule is COC(=O)C(N)Cc1ccc(-c2ccco2)cc1. The molecule has 0 bridgehead atoms. The number of benzene rings is 1. The van der Waals surface area contributed by atoms with Gasteiger partial charge in [-0.15, -0.1) is 0 Å². The van der Waals surface area contributed by atoms with Crippen LogP contribution in [0.4, 0.5) is 0 Å². The highest BCUT2D eigenvalue weighted by atomic mass is 16.5. The Morgan fingerprint density at radius 3 is 2.61 bits per heavy atom. The van der Waals surface area contributed by atoms with Gasteiger partial charge < -0.3 is 14.9 Å². The van der Waals surface area contributed by atoms with Gasteiger partial charge in [0, 0.05) is 5.56 Å². The van der Waals surface area contributed by atoms with Crippen LogP contribution in [0, 0.1) is 0 Å². The highest BCUT2D eigenvalue weighted by Gasteiger charge is 2.14. The Hall–Kier alpha value is -2.07. The molecule has 2 rings (SSSR count). The molecule has 0 aliphatic heterocycles. The number of nitrogens with two attached hydrogens (primary N) is 1. The lowest BCUT2D eigenvalue weighted by atomic mass is 10.0. The second kappa shape index (κ2) is 5.51. The van der Waals surface area contributed by atoms with Crippen molar-refractivity contribution in [1.82, 2.24) is 0 Å². The Balaban J connectivity index is 2.06. The standard InChI is InChI=1S/C14H15NO3/c1-17-14(16)12(15)9-10-4-6-11(7-5-10)13-3-2-8-18-13/h2-8,12H,9,15H2,1H3. The van der Waals surface area contributed by atoms with Crippen molar-refractivity contribution in [2.45, 2.75) is 12.5 Å². The summed E-state index contributed by atoms with van der Waals surface area (Å²) in [6.07, 6.45) is 2.10. The normalized spacial score (nSPS) is 12.1. The minimum atomic E-state index is -0.621. The molecule has 0 spiro atoms. The molecular weight excluding hydrogens is 230 g/mol. The van der Waals surface area contributed by atoms with Crippen molar-refractivity contribution in [3.05, 3.63) is 48.2 Å². The van der Waals surface area contributed by atoms with Gasteiger partial charge in [-0.25, -0.2) is 0 Å². The molecule has 4 heteroatoms. The first kappa shape index (κ1) is 12.4. The maximum atomic E-state index is 11.2. The molecule has 0 radical (unpaired) electrons. The number of carbonyl (C=O) groups is 1. The Morgan fingerprint density at radius 2 is 2.06 bits per heavy atom. The van der Waals surface area contributed by atoms with E-state index in [0.29, 0.717) is 6.42 Å². The second-order valence-electron chi connectivity index (χ2n) is 4.01. The molecule has 1 heterocycles. The quantitative estimate of drug-likeness (QED) is 0.836. The predicted octanol–water partition coefficient (Wildman–Crippen LogP) is 1.99. The predicted molar refractivity (Wildman–Crippen MR) is 67.8 cm³/mol. The van der Waals surface area contributed by atoms with Gasteiger partial charge in [-0.05, 0) is 24.1 Å². The summed E-state index contributed by atoms with van der Waals surface area (Å²) in [6.45, 7) is 0. The molecule has 0 saturated heterocycles. The lowest BCUT2D eigenvalue weighted by molar-refractivity contribution is -0.142. The lowest BCUT2D eigenvalue weighted by Crippen LogP contribution is -2.33. The molecule has 1 aromatic heterocycles. The zero-order valence-corrected chi connectivity index (χ0v) is 10.1. The van der Waals surface area contributed by atoms with Crippen LogP contribution in [0.15, 0.2) is 47.1 Å². The Morgan fingerprint density at radius 1 is 1.33 bits per heavy atom. The maximum absolute atomic E-state index is 11.2. The molecule has 0 saturated carbocycles. The van der Waals surface area contributed by atoms with E-state index >= 15 is 0 Å². The summed E-state index contributed by atoms with van der Waals surface area (Å²) in [4.78, 5) is 11.2. The van der Waals surface area contributed by atoms with E-state index < -0.39 is 12.0 Å². The number of furan rings is 1. The molecule has 94 valence electrons. The lowest BCUT2D eigenvalue weighted by Gasteiger charge is -2.09. The first-order chi connectivity index (χ1) is 8.70. The molecule has 2 aromatic rings. The zero-order chi connectivity index (χ0) is 13.0. The highest BCUT2D eigenvalue weighted by Crippen LogP contribution is 2.20. The van der Waals surface area contributed by atoms with Gasteiger partial charge in [0.1, 0.15) is 11.8 Å². The van der Waals surface area contributed by atoms with Crippen LogP contribution in [0.25, 0.3) is 11.3 Å². The number of hydrogen-bond acceptors (Lipinski definition) is 4. The van der Waals surface area contributed by atoms with Gasteiger partial charge in [0.15, 0.2) is 0 Å². The minimum Gasteiger partial charge on any atom is -0.468 e. The zero-order valence-electron chi connectivity index (χ0n) is 10.1. The van der Waals surface area contributed by atoms with Crippen molar-refractivity contribution in [2.24, 2.45) is 5.73 Å². The maximum Gasteiger partial charge on any atom is 0.322 e. The fraction of sp³-hybridized carbons (Fsp3) is 0.214. The second-order valence-corrected chi connectivity index (χ2v) is 4.01. The number of ether oxygens (including phenoxy) is 1. The number of rotatable bonds is 4. The molecule has 0 fully saturated rings. The Kier molecular flexibility index (Phi) is 3.79. The summed E-state index contributed by atoms with van der Waals surface area (Å²) >= 11 is 0. The van der Waals surface area contributed by atoms with Gasteiger partial charge >= 0.3 is 5.97 Å². The van der Waals surface area contributed by atoms with Crippen LogP contribution in [-0.4, -0.2) is 19.1 Å². The topological polar surface area (TPSA) is 65.5 Å². The van der Waals surface area contributed by atoms with Gasteiger partial charge in [0.25, 0.3) is 0 Å². The van der Waals surface area contributed by atoms with Crippen molar-refractivity contribution >= 4 is 5.97 Å². The van der Waals surface area contributed by atoms with E-state index in [9.17, 15) is 4.79 Å². The number of hydrogen-bond donors (Lipinski definition) is 1. The number of carbonyl (C=O) groups excluding carboxylic acids is 1. The molecule has 1 aromatic carbocycles. The summed E-state index contributed by atoms with van der Waals surface area (Å²) in [7, 11) is 1.34. The van der Waals surface area contributed by atoms with Crippen LogP contribution in [-0.2, 0) is 16.0 Å². The summed E-state index contributed by atoms with van der Waals surface area (Å²) in [5, 5.41) is 0. The van der Waals surface area contributed by atoms with E-state index in [-0.39, 0.29) is 0 Å². The van der Waals surface area contributed by atoms with Gasteiger partial charge in [-0.3, -0.25) is 4.79 Å². The van der Waals surface area contributed by atoms with Crippen LogP contribution >= 0.6 is 0 Å². The van der Waals surface area contributed by atoms with E-state index in [4.69, 9.17) is 10.2 Å². The molecule has 0 aliphatic carbocycles. The molecule has 18 heavy (non-hydrogen) atoms. The average Bonchev–Trinajstić information content (AvgIpc) is 2.92. The van der Waals surface area contributed by atoms with E-state index in [1.807, 2.05) is 36.4 Å². The molecule has 4 nitrogen and oxygen atoms in total. The summed E-state index contributed by atoms with van der Waals surface area (Å²) in [6, 6.07) is 10.9. The number of methoxy groups -OCH3 is 1. The van der Waals surface area contributed by atoms with E-state index in [1.54, 1.807) is 6.26 Å². The van der Waals surface area contributed by atoms with Crippen molar-refractivity contribution in [1.29, 1.82) is 0 Å². The van der Waals surface area contributed by atoms with Crippen molar-refractivity contribution in [3.63, 3.8) is 0 Å². The molecular formula is C14H15NO3. The van der Waals surface area contributed by atoms with Crippen molar-refractivity contribution in [2.75, 3.05) is 7.11 Å². The first-order valence-electron chi connectivity index (χ1n) is 5.67. The van der Waals surface area contributed by atoms with E-state index in [0.717, 1.165) is 16.9 Å². The van der Waals surface area contributed by atoms with Crippen LogP contribution in [0.2, 0.25) is 0 Å². The highest BCUT2D eigenvalue weighted by molar-refractivity contribution is 5.75. The molecule has 1 atom stereocenters. The fourth-order valence-corrected chi connectivity index (χ4v) is 1.74. The van der Waals surface area contributed by atoms with Crippen LogP contribution in [0.5, 0.6) is 0 Å². The van der Waals surface area contributed by atoms with Crippen LogP contribution < -0.4 is 5.73 Å². The third kappa shape index (κ3) is 2.78. The average molecular weight is 245 g/mol. The summed E-state index contributed by atoms with van der Waals surface area (Å²) in [5.41, 5.74) is 7.68. The molecule has 2 N–H and O–H groups in total. The van der Waals surface area contributed by atoms with Crippen LogP contribution in [0.3, 0.4) is 0 Å². The fourth-order valence-electron chi connectivity index (χ4n) is 1.74. The van der Waals surface area contributed by atoms with Crippen molar-refractivity contribution in [3.8, 4) is 11.3 Å². The largest absolute Gasteiger partial charge is 0.468 e. The Bertz CT molecular complexity index is 502. The monoisotopic (exact) mass is 245 g/mol. The summed E-state index contributed by atoms with van der Waals surface area (Å²) in [5.74, 6) is 0.420. The van der Waals surface area contributed by atoms with Crippen LogP contribution in [0.1, 0.15) is 5.56 Å². The first-order valence-corrected chi connectivity index (χ1v) is 5.67. The third-order valence-electron chi connectivity index (χ3n) is 2.72. The molecule has 1 unspecified atom stereocenters. The van der Waals surface area contributed by atoms with E-state index in [2.05, 4.69) is 4.74 Å². The van der Waals surface area contributed by atoms with Gasteiger partial charge in [0.05, 0.1) is 13.4 Å². The van der Waals surface area contributed by atoms with Gasteiger partial charge in [-0.1, -0.05) is 24.3 Å².